The highest BCUT2D eigenvalue weighted by Crippen LogP contribution is 2.32. The SMILES string of the molecule is COc1cc(C(=O)N2CCC(c3ccc(N)nn3)CC2)ncc1-c1ccc(OCC(F)(F)F)cc1. The molecule has 2 aromatic heterocycles. The number of alkyl halides is 3. The summed E-state index contributed by atoms with van der Waals surface area (Å²) >= 11 is 0. The number of piperidine rings is 1. The fourth-order valence-corrected chi connectivity index (χ4v) is 3.95. The van der Waals surface area contributed by atoms with Gasteiger partial charge in [0.15, 0.2) is 6.61 Å². The number of benzene rings is 1. The minimum atomic E-state index is -4.41. The Kier molecular flexibility index (Phi) is 7.04. The summed E-state index contributed by atoms with van der Waals surface area (Å²) in [6, 6.07) is 11.3. The van der Waals surface area contributed by atoms with E-state index in [9.17, 15) is 18.0 Å². The van der Waals surface area contributed by atoms with Crippen LogP contribution in [0.25, 0.3) is 11.1 Å². The molecule has 3 aromatic rings. The molecule has 0 atom stereocenters. The number of hydrogen-bond acceptors (Lipinski definition) is 7. The number of nitrogens with two attached hydrogens (primary N) is 1. The molecule has 0 aliphatic carbocycles. The largest absolute Gasteiger partial charge is 0.496 e. The monoisotopic (exact) mass is 487 g/mol. The summed E-state index contributed by atoms with van der Waals surface area (Å²) < 4.78 is 47.2. The van der Waals surface area contributed by atoms with E-state index in [2.05, 4.69) is 15.2 Å². The Morgan fingerprint density at radius 3 is 2.43 bits per heavy atom. The van der Waals surface area contributed by atoms with Gasteiger partial charge in [-0.1, -0.05) is 12.1 Å². The van der Waals surface area contributed by atoms with E-state index in [0.717, 1.165) is 18.5 Å². The number of halogens is 3. The molecule has 0 radical (unpaired) electrons. The van der Waals surface area contributed by atoms with Crippen LogP contribution in [0.4, 0.5) is 19.0 Å². The molecule has 2 N–H and O–H groups in total. The second-order valence-corrected chi connectivity index (χ2v) is 8.15. The Bertz CT molecular complexity index is 1160. The predicted octanol–water partition coefficient (Wildman–Crippen LogP) is 4.09. The molecule has 184 valence electrons. The Hall–Kier alpha value is -3.89. The highest BCUT2D eigenvalue weighted by molar-refractivity contribution is 5.93. The van der Waals surface area contributed by atoms with E-state index in [1.807, 2.05) is 6.07 Å². The van der Waals surface area contributed by atoms with Crippen molar-refractivity contribution in [3.05, 3.63) is 60.0 Å². The number of likely N-dealkylation sites (tertiary alicyclic amines) is 1. The standard InChI is InChI=1S/C24H24F3N5O3/c1-34-21-12-20(23(33)32-10-8-16(9-11-32)19-6-7-22(28)31-30-19)29-13-18(21)15-2-4-17(5-3-15)35-14-24(25,26)27/h2-7,12-13,16H,8-11,14H2,1H3,(H2,28,31). The summed E-state index contributed by atoms with van der Waals surface area (Å²) in [5, 5.41) is 8.06. The van der Waals surface area contributed by atoms with Gasteiger partial charge in [0.25, 0.3) is 5.91 Å². The number of pyridine rings is 1. The molecule has 1 aliphatic heterocycles. The number of aromatic nitrogens is 3. The summed E-state index contributed by atoms with van der Waals surface area (Å²) in [4.78, 5) is 19.1. The molecule has 4 rings (SSSR count). The van der Waals surface area contributed by atoms with Crippen LogP contribution in [0.5, 0.6) is 11.5 Å². The fraction of sp³-hybridized carbons (Fsp3) is 0.333. The maximum absolute atomic E-state index is 13.1. The lowest BCUT2D eigenvalue weighted by molar-refractivity contribution is -0.153. The van der Waals surface area contributed by atoms with Gasteiger partial charge in [0.05, 0.1) is 12.8 Å². The zero-order valence-electron chi connectivity index (χ0n) is 19.0. The molecule has 11 heteroatoms. The van der Waals surface area contributed by atoms with Crippen LogP contribution in [-0.4, -0.2) is 59.0 Å². The molecule has 1 amide bonds. The zero-order chi connectivity index (χ0) is 25.0. The summed E-state index contributed by atoms with van der Waals surface area (Å²) in [7, 11) is 1.48. The van der Waals surface area contributed by atoms with Crippen LogP contribution >= 0.6 is 0 Å². The first-order valence-corrected chi connectivity index (χ1v) is 11.0. The van der Waals surface area contributed by atoms with Gasteiger partial charge >= 0.3 is 6.18 Å². The molecule has 0 spiro atoms. The number of amides is 1. The molecule has 0 unspecified atom stereocenters. The van der Waals surface area contributed by atoms with Crippen LogP contribution in [-0.2, 0) is 0 Å². The normalized spacial score (nSPS) is 14.6. The molecule has 1 aliphatic rings. The lowest BCUT2D eigenvalue weighted by atomic mass is 9.93. The third-order valence-electron chi connectivity index (χ3n) is 5.78. The molecule has 0 bridgehead atoms. The summed E-state index contributed by atoms with van der Waals surface area (Å²) in [6.07, 6.45) is -1.38. The molecule has 8 nitrogen and oxygen atoms in total. The number of nitrogen functional groups attached to an aromatic ring is 1. The molecular formula is C24H24F3N5O3. The van der Waals surface area contributed by atoms with E-state index in [1.54, 1.807) is 29.2 Å². The molecule has 35 heavy (non-hydrogen) atoms. The van der Waals surface area contributed by atoms with Gasteiger partial charge in [0, 0.05) is 36.8 Å². The second-order valence-electron chi connectivity index (χ2n) is 8.15. The number of ether oxygens (including phenoxy) is 2. The minimum absolute atomic E-state index is 0.0955. The van der Waals surface area contributed by atoms with Crippen molar-refractivity contribution >= 4 is 11.7 Å². The van der Waals surface area contributed by atoms with Gasteiger partial charge in [0.2, 0.25) is 0 Å². The minimum Gasteiger partial charge on any atom is -0.496 e. The van der Waals surface area contributed by atoms with E-state index in [4.69, 9.17) is 15.2 Å². The Balaban J connectivity index is 1.42. The first kappa shape index (κ1) is 24.2. The van der Waals surface area contributed by atoms with E-state index < -0.39 is 12.8 Å². The highest BCUT2D eigenvalue weighted by Gasteiger charge is 2.29. The molecule has 1 aromatic carbocycles. The predicted molar refractivity (Wildman–Crippen MR) is 122 cm³/mol. The van der Waals surface area contributed by atoms with Gasteiger partial charge in [-0.05, 0) is 42.7 Å². The smallest absolute Gasteiger partial charge is 0.422 e. The molecule has 3 heterocycles. The summed E-state index contributed by atoms with van der Waals surface area (Å²) in [6.45, 7) is -0.250. The topological polar surface area (TPSA) is 103 Å². The number of rotatable bonds is 6. The van der Waals surface area contributed by atoms with Crippen LogP contribution in [0.3, 0.4) is 0 Å². The quantitative estimate of drug-likeness (QED) is 0.559. The van der Waals surface area contributed by atoms with Crippen LogP contribution in [0.2, 0.25) is 0 Å². The van der Waals surface area contributed by atoms with Crippen molar-refractivity contribution in [1.82, 2.24) is 20.1 Å². The van der Waals surface area contributed by atoms with E-state index in [0.29, 0.717) is 35.8 Å². The number of nitrogens with zero attached hydrogens (tertiary/aromatic N) is 4. The lowest BCUT2D eigenvalue weighted by Gasteiger charge is -2.31. The van der Waals surface area contributed by atoms with Gasteiger partial charge in [-0.15, -0.1) is 5.10 Å². The van der Waals surface area contributed by atoms with Crippen LogP contribution in [0.1, 0.15) is 34.9 Å². The highest BCUT2D eigenvalue weighted by atomic mass is 19.4. The van der Waals surface area contributed by atoms with Crippen molar-refractivity contribution in [3.8, 4) is 22.6 Å². The Morgan fingerprint density at radius 1 is 1.11 bits per heavy atom. The molecule has 1 saturated heterocycles. The number of carbonyl (C=O) groups excluding carboxylic acids is 1. The van der Waals surface area contributed by atoms with Gasteiger partial charge in [-0.3, -0.25) is 9.78 Å². The van der Waals surface area contributed by atoms with Crippen molar-refractivity contribution in [2.75, 3.05) is 32.5 Å². The van der Waals surface area contributed by atoms with Crippen molar-refractivity contribution in [3.63, 3.8) is 0 Å². The third kappa shape index (κ3) is 5.97. The summed E-state index contributed by atoms with van der Waals surface area (Å²) in [5.41, 5.74) is 7.99. The first-order valence-electron chi connectivity index (χ1n) is 11.0. The van der Waals surface area contributed by atoms with Crippen LogP contribution in [0, 0.1) is 0 Å². The van der Waals surface area contributed by atoms with Gasteiger partial charge in [-0.25, -0.2) is 0 Å². The number of methoxy groups -OCH3 is 1. The first-order chi connectivity index (χ1) is 16.7. The van der Waals surface area contributed by atoms with Crippen molar-refractivity contribution in [1.29, 1.82) is 0 Å². The van der Waals surface area contributed by atoms with Gasteiger partial charge < -0.3 is 20.1 Å². The maximum atomic E-state index is 13.1. The molecule has 0 saturated carbocycles. The van der Waals surface area contributed by atoms with E-state index in [1.165, 1.54) is 25.4 Å². The average molecular weight is 487 g/mol. The fourth-order valence-electron chi connectivity index (χ4n) is 3.95. The van der Waals surface area contributed by atoms with Gasteiger partial charge in [-0.2, -0.15) is 18.3 Å². The second kappa shape index (κ2) is 10.2. The zero-order valence-corrected chi connectivity index (χ0v) is 19.0. The number of anilines is 1. The van der Waals surface area contributed by atoms with Crippen molar-refractivity contribution in [2.24, 2.45) is 0 Å². The van der Waals surface area contributed by atoms with E-state index in [-0.39, 0.29) is 23.3 Å². The maximum Gasteiger partial charge on any atom is 0.422 e. The van der Waals surface area contributed by atoms with Crippen molar-refractivity contribution in [2.45, 2.75) is 24.9 Å². The van der Waals surface area contributed by atoms with Crippen molar-refractivity contribution < 1.29 is 27.4 Å². The van der Waals surface area contributed by atoms with E-state index >= 15 is 0 Å². The van der Waals surface area contributed by atoms with Gasteiger partial charge in [0.1, 0.15) is 23.0 Å². The molecule has 1 fully saturated rings. The van der Waals surface area contributed by atoms with Crippen LogP contribution in [0.15, 0.2) is 48.7 Å². The Morgan fingerprint density at radius 2 is 1.83 bits per heavy atom. The Labute approximate surface area is 199 Å². The summed E-state index contributed by atoms with van der Waals surface area (Å²) in [5.74, 6) is 0.903. The third-order valence-corrected chi connectivity index (χ3v) is 5.78. The number of hydrogen-bond donors (Lipinski definition) is 1. The molecular weight excluding hydrogens is 463 g/mol. The average Bonchev–Trinajstić information content (AvgIpc) is 2.87. The number of carbonyl (C=O) groups is 1. The van der Waals surface area contributed by atoms with Crippen LogP contribution < -0.4 is 15.2 Å². The lowest BCUT2D eigenvalue weighted by Crippen LogP contribution is -2.38.